The molecule has 0 bridgehead atoms. The summed E-state index contributed by atoms with van der Waals surface area (Å²) in [6, 6.07) is 0.139. The molecular weight excluding hydrogens is 238 g/mol. The van der Waals surface area contributed by atoms with E-state index in [4.69, 9.17) is 4.74 Å². The summed E-state index contributed by atoms with van der Waals surface area (Å²) < 4.78 is 6.35. The Morgan fingerprint density at radius 2 is 2.17 bits per heavy atom. The average Bonchev–Trinajstić information content (AvgIpc) is 2.88. The molecule has 2 rings (SSSR count). The lowest BCUT2D eigenvalue weighted by Crippen LogP contribution is -2.24. The lowest BCUT2D eigenvalue weighted by Gasteiger charge is -2.26. The molecule has 1 aliphatic carbocycles. The van der Waals surface area contributed by atoms with E-state index in [9.17, 15) is 14.9 Å². The van der Waals surface area contributed by atoms with E-state index >= 15 is 0 Å². The Balaban J connectivity index is 1.96. The van der Waals surface area contributed by atoms with Gasteiger partial charge >= 0.3 is 11.7 Å². The van der Waals surface area contributed by atoms with Gasteiger partial charge in [0.05, 0.1) is 24.0 Å². The number of hydrogen-bond acceptors (Lipinski definition) is 5. The van der Waals surface area contributed by atoms with Gasteiger partial charge in [0.15, 0.2) is 0 Å². The van der Waals surface area contributed by atoms with Gasteiger partial charge in [0, 0.05) is 0 Å². The number of nitro groups is 1. The Labute approximate surface area is 104 Å². The molecule has 0 amide bonds. The summed E-state index contributed by atoms with van der Waals surface area (Å²) in [5, 5.41) is 14.6. The Morgan fingerprint density at radius 3 is 2.67 bits per heavy atom. The highest BCUT2D eigenvalue weighted by Crippen LogP contribution is 2.32. The second-order valence-electron chi connectivity index (χ2n) is 4.46. The largest absolute Gasteiger partial charge is 0.469 e. The zero-order chi connectivity index (χ0) is 13.1. The van der Waals surface area contributed by atoms with Crippen LogP contribution in [0.5, 0.6) is 0 Å². The number of carbonyl (C=O) groups excluding carboxylic acids is 1. The smallest absolute Gasteiger partial charge is 0.308 e. The van der Waals surface area contributed by atoms with Crippen molar-refractivity contribution < 1.29 is 14.5 Å². The van der Waals surface area contributed by atoms with Crippen LogP contribution in [0.3, 0.4) is 0 Å². The van der Waals surface area contributed by atoms with Crippen LogP contribution < -0.4 is 0 Å². The molecule has 0 atom stereocenters. The van der Waals surface area contributed by atoms with Crippen LogP contribution in [-0.4, -0.2) is 27.8 Å². The van der Waals surface area contributed by atoms with E-state index in [1.807, 2.05) is 0 Å². The molecule has 0 radical (unpaired) electrons. The molecule has 7 heteroatoms. The van der Waals surface area contributed by atoms with Crippen LogP contribution in [0.15, 0.2) is 12.4 Å². The Kier molecular flexibility index (Phi) is 3.59. The van der Waals surface area contributed by atoms with Gasteiger partial charge in [-0.3, -0.25) is 19.6 Å². The summed E-state index contributed by atoms with van der Waals surface area (Å²) in [5.41, 5.74) is 0.00471. The van der Waals surface area contributed by atoms with Crippen molar-refractivity contribution in [2.45, 2.75) is 31.7 Å². The molecule has 0 N–H and O–H groups in total. The molecule has 7 nitrogen and oxygen atoms in total. The molecule has 0 spiro atoms. The lowest BCUT2D eigenvalue weighted by atomic mass is 9.86. The summed E-state index contributed by atoms with van der Waals surface area (Å²) in [7, 11) is 1.39. The van der Waals surface area contributed by atoms with Gasteiger partial charge in [-0.25, -0.2) is 0 Å². The second kappa shape index (κ2) is 5.16. The molecule has 1 aromatic rings. The fraction of sp³-hybridized carbons (Fsp3) is 0.636. The molecule has 18 heavy (non-hydrogen) atoms. The first-order valence-electron chi connectivity index (χ1n) is 5.88. The quantitative estimate of drug-likeness (QED) is 0.464. The third-order valence-corrected chi connectivity index (χ3v) is 3.40. The zero-order valence-corrected chi connectivity index (χ0v) is 10.1. The Bertz CT molecular complexity index is 449. The first-order valence-corrected chi connectivity index (χ1v) is 5.88. The van der Waals surface area contributed by atoms with Crippen molar-refractivity contribution in [1.82, 2.24) is 9.78 Å². The predicted octanol–water partition coefficient (Wildman–Crippen LogP) is 1.70. The Hall–Kier alpha value is -1.92. The first-order chi connectivity index (χ1) is 8.61. The standard InChI is InChI=1S/C11H15N3O4/c1-18-11(15)8-2-4-9(5-3-8)13-7-10(6-12-13)14(16)17/h6-9H,2-5H2,1H3/t8-,9+. The molecule has 98 valence electrons. The molecular formula is C11H15N3O4. The van der Waals surface area contributed by atoms with Gasteiger partial charge in [0.2, 0.25) is 0 Å². The molecule has 0 aromatic carbocycles. The van der Waals surface area contributed by atoms with E-state index in [0.717, 1.165) is 25.7 Å². The monoisotopic (exact) mass is 253 g/mol. The van der Waals surface area contributed by atoms with Gasteiger partial charge in [0.1, 0.15) is 12.4 Å². The maximum Gasteiger partial charge on any atom is 0.308 e. The van der Waals surface area contributed by atoms with E-state index < -0.39 is 4.92 Å². The molecule has 1 fully saturated rings. The summed E-state index contributed by atoms with van der Waals surface area (Å²) in [5.74, 6) is -0.211. The topological polar surface area (TPSA) is 87.3 Å². The van der Waals surface area contributed by atoms with Crippen molar-refractivity contribution in [3.05, 3.63) is 22.5 Å². The SMILES string of the molecule is COC(=O)[C@H]1CC[C@@H](n2cc([N+](=O)[O-])cn2)CC1. The molecule has 1 aliphatic rings. The van der Waals surface area contributed by atoms with Crippen molar-refractivity contribution in [2.24, 2.45) is 5.92 Å². The fourth-order valence-corrected chi connectivity index (χ4v) is 2.36. The minimum Gasteiger partial charge on any atom is -0.469 e. The lowest BCUT2D eigenvalue weighted by molar-refractivity contribution is -0.385. The van der Waals surface area contributed by atoms with Crippen LogP contribution in [0.4, 0.5) is 5.69 Å². The zero-order valence-electron chi connectivity index (χ0n) is 10.1. The van der Waals surface area contributed by atoms with Gasteiger partial charge in [-0.1, -0.05) is 0 Å². The van der Waals surface area contributed by atoms with E-state index in [-0.39, 0.29) is 23.6 Å². The number of hydrogen-bond donors (Lipinski definition) is 0. The Morgan fingerprint density at radius 1 is 1.50 bits per heavy atom. The van der Waals surface area contributed by atoms with E-state index in [2.05, 4.69) is 5.10 Å². The summed E-state index contributed by atoms with van der Waals surface area (Å²) in [6.45, 7) is 0. The van der Waals surface area contributed by atoms with Crippen LogP contribution in [-0.2, 0) is 9.53 Å². The van der Waals surface area contributed by atoms with Gasteiger partial charge in [0.25, 0.3) is 0 Å². The molecule has 0 saturated heterocycles. The summed E-state index contributed by atoms with van der Waals surface area (Å²) >= 11 is 0. The highest BCUT2D eigenvalue weighted by molar-refractivity contribution is 5.72. The average molecular weight is 253 g/mol. The minimum absolute atomic E-state index is 0.00471. The van der Waals surface area contributed by atoms with Crippen LogP contribution in [0, 0.1) is 16.0 Å². The van der Waals surface area contributed by atoms with Gasteiger partial charge < -0.3 is 4.74 Å². The maximum atomic E-state index is 11.4. The third kappa shape index (κ3) is 2.49. The van der Waals surface area contributed by atoms with Crippen molar-refractivity contribution in [1.29, 1.82) is 0 Å². The number of rotatable bonds is 3. The van der Waals surface area contributed by atoms with Gasteiger partial charge in [-0.15, -0.1) is 0 Å². The van der Waals surface area contributed by atoms with Crippen molar-refractivity contribution in [2.75, 3.05) is 7.11 Å². The molecule has 0 unspecified atom stereocenters. The molecule has 1 saturated carbocycles. The number of esters is 1. The van der Waals surface area contributed by atoms with Crippen LogP contribution >= 0.6 is 0 Å². The van der Waals surface area contributed by atoms with Crippen molar-refractivity contribution >= 4 is 11.7 Å². The third-order valence-electron chi connectivity index (χ3n) is 3.40. The predicted molar refractivity (Wildman–Crippen MR) is 61.9 cm³/mol. The van der Waals surface area contributed by atoms with Gasteiger partial charge in [-0.2, -0.15) is 5.10 Å². The number of aromatic nitrogens is 2. The highest BCUT2D eigenvalue weighted by atomic mass is 16.6. The maximum absolute atomic E-state index is 11.4. The number of nitrogens with zero attached hydrogens (tertiary/aromatic N) is 3. The second-order valence-corrected chi connectivity index (χ2v) is 4.46. The van der Waals surface area contributed by atoms with Crippen LogP contribution in [0.1, 0.15) is 31.7 Å². The number of carbonyl (C=O) groups is 1. The molecule has 0 aliphatic heterocycles. The number of methoxy groups -OCH3 is 1. The summed E-state index contributed by atoms with van der Waals surface area (Å²) in [6.07, 6.45) is 5.77. The van der Waals surface area contributed by atoms with Crippen LogP contribution in [0.25, 0.3) is 0 Å². The van der Waals surface area contributed by atoms with Gasteiger partial charge in [-0.05, 0) is 25.7 Å². The van der Waals surface area contributed by atoms with Crippen LogP contribution in [0.2, 0.25) is 0 Å². The van der Waals surface area contributed by atoms with E-state index in [0.29, 0.717) is 0 Å². The fourth-order valence-electron chi connectivity index (χ4n) is 2.36. The minimum atomic E-state index is -0.455. The number of ether oxygens (including phenoxy) is 1. The highest BCUT2D eigenvalue weighted by Gasteiger charge is 2.28. The normalized spacial score (nSPS) is 23.6. The molecule has 1 heterocycles. The van der Waals surface area contributed by atoms with E-state index in [1.54, 1.807) is 4.68 Å². The molecule has 1 aromatic heterocycles. The van der Waals surface area contributed by atoms with Crippen molar-refractivity contribution in [3.63, 3.8) is 0 Å². The van der Waals surface area contributed by atoms with Crippen molar-refractivity contribution in [3.8, 4) is 0 Å². The van der Waals surface area contributed by atoms with E-state index in [1.165, 1.54) is 19.5 Å². The summed E-state index contributed by atoms with van der Waals surface area (Å²) in [4.78, 5) is 21.5. The first kappa shape index (κ1) is 12.5.